The Kier molecular flexibility index (Phi) is 5.02. The van der Waals surface area contributed by atoms with Crippen LogP contribution in [0, 0.1) is 23.0 Å². The molecule has 1 N–H and O–H groups in total. The lowest BCUT2D eigenvalue weighted by Gasteiger charge is -2.36. The van der Waals surface area contributed by atoms with E-state index >= 15 is 0 Å². The van der Waals surface area contributed by atoms with Gasteiger partial charge >= 0.3 is 0 Å². The molecule has 23 heavy (non-hydrogen) atoms. The number of hydrogen-bond donors (Lipinski definition) is 1. The summed E-state index contributed by atoms with van der Waals surface area (Å²) in [7, 11) is 0. The van der Waals surface area contributed by atoms with Crippen LogP contribution in [-0.4, -0.2) is 29.8 Å². The second kappa shape index (κ2) is 6.64. The van der Waals surface area contributed by atoms with E-state index < -0.39 is 23.0 Å². The Balaban J connectivity index is 2.11. The van der Waals surface area contributed by atoms with E-state index in [1.54, 1.807) is 4.90 Å². The van der Waals surface area contributed by atoms with Crippen molar-refractivity contribution in [2.45, 2.75) is 33.6 Å². The van der Waals surface area contributed by atoms with E-state index in [9.17, 15) is 18.4 Å². The minimum atomic E-state index is -1.32. The maximum Gasteiger partial charge on any atom is 0.239 e. The number of likely N-dealkylation sites (tertiary alicyclic amines) is 1. The molecule has 1 aromatic rings. The summed E-state index contributed by atoms with van der Waals surface area (Å²) in [6.07, 6.45) is 1.98. The fraction of sp³-hybridized carbons (Fsp3) is 0.529. The van der Waals surface area contributed by atoms with Crippen LogP contribution >= 0.6 is 0 Å². The number of anilines is 1. The number of amides is 2. The van der Waals surface area contributed by atoms with Gasteiger partial charge in [0.15, 0.2) is 0 Å². The molecular formula is C17H22F2N2O2. The molecule has 1 fully saturated rings. The number of carbonyl (C=O) groups excluding carboxylic acids is 2. The first-order chi connectivity index (χ1) is 10.7. The van der Waals surface area contributed by atoms with Crippen molar-refractivity contribution in [1.29, 1.82) is 0 Å². The minimum Gasteiger partial charge on any atom is -0.342 e. The maximum atomic E-state index is 13.7. The Morgan fingerprint density at radius 3 is 2.61 bits per heavy atom. The number of benzene rings is 1. The maximum absolute atomic E-state index is 13.7. The monoisotopic (exact) mass is 324 g/mol. The quantitative estimate of drug-likeness (QED) is 0.868. The van der Waals surface area contributed by atoms with Crippen LogP contribution in [0.2, 0.25) is 0 Å². The summed E-state index contributed by atoms with van der Waals surface area (Å²) in [5.74, 6) is -2.07. The van der Waals surface area contributed by atoms with Gasteiger partial charge in [-0.05, 0) is 44.7 Å². The molecule has 0 bridgehead atoms. The third-order valence-corrected chi connectivity index (χ3v) is 4.23. The Hall–Kier alpha value is -1.98. The van der Waals surface area contributed by atoms with Crippen LogP contribution in [0.25, 0.3) is 0 Å². The Morgan fingerprint density at radius 2 is 2.00 bits per heavy atom. The topological polar surface area (TPSA) is 49.4 Å². The molecule has 1 atom stereocenters. The summed E-state index contributed by atoms with van der Waals surface area (Å²) in [5.41, 5.74) is -1.46. The molecule has 0 aromatic heterocycles. The predicted octanol–water partition coefficient (Wildman–Crippen LogP) is 3.19. The average molecular weight is 324 g/mol. The molecule has 2 rings (SSSR count). The Morgan fingerprint density at radius 1 is 1.30 bits per heavy atom. The molecule has 6 heteroatoms. The summed E-state index contributed by atoms with van der Waals surface area (Å²) in [6, 6.07) is 2.89. The zero-order chi connectivity index (χ0) is 17.2. The van der Waals surface area contributed by atoms with Crippen molar-refractivity contribution in [3.63, 3.8) is 0 Å². The van der Waals surface area contributed by atoms with Crippen LogP contribution in [0.15, 0.2) is 18.2 Å². The smallest absolute Gasteiger partial charge is 0.239 e. The van der Waals surface area contributed by atoms with Gasteiger partial charge in [-0.1, -0.05) is 6.92 Å². The lowest BCUT2D eigenvalue weighted by Crippen LogP contribution is -2.50. The first-order valence-corrected chi connectivity index (χ1v) is 7.77. The lowest BCUT2D eigenvalue weighted by molar-refractivity contribution is -0.147. The summed E-state index contributed by atoms with van der Waals surface area (Å²) < 4.78 is 26.6. The normalized spacial score (nSPS) is 18.7. The van der Waals surface area contributed by atoms with Gasteiger partial charge in [-0.25, -0.2) is 8.78 Å². The predicted molar refractivity (Wildman–Crippen MR) is 83.7 cm³/mol. The summed E-state index contributed by atoms with van der Waals surface area (Å²) >= 11 is 0. The van der Waals surface area contributed by atoms with Gasteiger partial charge in [-0.3, -0.25) is 9.59 Å². The third kappa shape index (κ3) is 3.86. The minimum absolute atomic E-state index is 0.135. The standard InChI is InChI=1S/C17H22F2N2O2/c1-11-5-4-8-21(10-11)16(23)17(2,3)15(22)20-14-7-6-12(18)9-13(14)19/h6-7,9,11H,4-5,8,10H2,1-3H3,(H,20,22). The Bertz CT molecular complexity index is 617. The average Bonchev–Trinajstić information content (AvgIpc) is 2.49. The van der Waals surface area contributed by atoms with Crippen molar-refractivity contribution in [3.8, 4) is 0 Å². The summed E-state index contributed by atoms with van der Waals surface area (Å²) in [4.78, 5) is 26.8. The van der Waals surface area contributed by atoms with Gasteiger partial charge in [0.25, 0.3) is 0 Å². The first-order valence-electron chi connectivity index (χ1n) is 7.77. The van der Waals surface area contributed by atoms with Crippen molar-refractivity contribution in [1.82, 2.24) is 4.90 Å². The van der Waals surface area contributed by atoms with Gasteiger partial charge in [0.1, 0.15) is 17.0 Å². The highest BCUT2D eigenvalue weighted by molar-refractivity contribution is 6.09. The number of hydrogen-bond acceptors (Lipinski definition) is 2. The fourth-order valence-corrected chi connectivity index (χ4v) is 2.74. The van der Waals surface area contributed by atoms with E-state index in [-0.39, 0.29) is 11.6 Å². The van der Waals surface area contributed by atoms with Crippen LogP contribution in [-0.2, 0) is 9.59 Å². The highest BCUT2D eigenvalue weighted by atomic mass is 19.1. The van der Waals surface area contributed by atoms with E-state index in [0.717, 1.165) is 25.0 Å². The summed E-state index contributed by atoms with van der Waals surface area (Å²) in [5, 5.41) is 2.38. The number of piperidine rings is 1. The zero-order valence-corrected chi connectivity index (χ0v) is 13.7. The van der Waals surface area contributed by atoms with Gasteiger partial charge in [-0.15, -0.1) is 0 Å². The van der Waals surface area contributed by atoms with Crippen molar-refractivity contribution in [2.75, 3.05) is 18.4 Å². The molecule has 1 unspecified atom stereocenters. The van der Waals surface area contributed by atoms with Gasteiger partial charge in [0.05, 0.1) is 5.69 Å². The van der Waals surface area contributed by atoms with Crippen LogP contribution < -0.4 is 5.32 Å². The molecule has 2 amide bonds. The molecule has 0 saturated carbocycles. The third-order valence-electron chi connectivity index (χ3n) is 4.23. The second-order valence-electron chi connectivity index (χ2n) is 6.70. The zero-order valence-electron chi connectivity index (χ0n) is 13.7. The van der Waals surface area contributed by atoms with E-state index in [0.29, 0.717) is 25.1 Å². The highest BCUT2D eigenvalue weighted by Gasteiger charge is 2.40. The van der Waals surface area contributed by atoms with Gasteiger partial charge in [0, 0.05) is 19.2 Å². The van der Waals surface area contributed by atoms with Gasteiger partial charge < -0.3 is 10.2 Å². The molecule has 1 aliphatic rings. The molecule has 4 nitrogen and oxygen atoms in total. The molecule has 0 aliphatic carbocycles. The SMILES string of the molecule is CC1CCCN(C(=O)C(C)(C)C(=O)Nc2ccc(F)cc2F)C1. The molecule has 0 radical (unpaired) electrons. The molecule has 1 aromatic carbocycles. The number of halogens is 2. The molecule has 0 spiro atoms. The molecular weight excluding hydrogens is 302 g/mol. The van der Waals surface area contributed by atoms with Crippen LogP contribution in [0.3, 0.4) is 0 Å². The van der Waals surface area contributed by atoms with Crippen LogP contribution in [0.4, 0.5) is 14.5 Å². The molecule has 1 heterocycles. The van der Waals surface area contributed by atoms with Crippen molar-refractivity contribution >= 4 is 17.5 Å². The van der Waals surface area contributed by atoms with E-state index in [2.05, 4.69) is 12.2 Å². The fourth-order valence-electron chi connectivity index (χ4n) is 2.74. The van der Waals surface area contributed by atoms with E-state index in [1.807, 2.05) is 0 Å². The van der Waals surface area contributed by atoms with Crippen LogP contribution in [0.5, 0.6) is 0 Å². The van der Waals surface area contributed by atoms with Gasteiger partial charge in [-0.2, -0.15) is 0 Å². The van der Waals surface area contributed by atoms with Crippen molar-refractivity contribution in [3.05, 3.63) is 29.8 Å². The number of rotatable bonds is 3. The largest absolute Gasteiger partial charge is 0.342 e. The van der Waals surface area contributed by atoms with Crippen molar-refractivity contribution in [2.24, 2.45) is 11.3 Å². The number of carbonyl (C=O) groups is 2. The summed E-state index contributed by atoms with van der Waals surface area (Å²) in [6.45, 7) is 6.36. The van der Waals surface area contributed by atoms with Gasteiger partial charge in [0.2, 0.25) is 11.8 Å². The lowest BCUT2D eigenvalue weighted by atomic mass is 9.88. The molecule has 126 valence electrons. The van der Waals surface area contributed by atoms with E-state index in [4.69, 9.17) is 0 Å². The van der Waals surface area contributed by atoms with E-state index in [1.165, 1.54) is 13.8 Å². The van der Waals surface area contributed by atoms with Crippen molar-refractivity contribution < 1.29 is 18.4 Å². The highest BCUT2D eigenvalue weighted by Crippen LogP contribution is 2.26. The molecule has 1 aliphatic heterocycles. The van der Waals surface area contributed by atoms with Crippen LogP contribution in [0.1, 0.15) is 33.6 Å². The number of nitrogens with one attached hydrogen (secondary N) is 1. The first kappa shape index (κ1) is 17.4. The Labute approximate surface area is 134 Å². The second-order valence-corrected chi connectivity index (χ2v) is 6.70. The molecule has 1 saturated heterocycles. The number of nitrogens with zero attached hydrogens (tertiary/aromatic N) is 1.